The number of aliphatic hydroxyl groups excluding tert-OH is 2. The molecule has 13 heavy (non-hydrogen) atoms. The molecule has 0 aromatic rings. The molecule has 0 fully saturated rings. The molecule has 0 heterocycles. The molecule has 0 spiro atoms. The number of aliphatic hydroxyl groups is 2. The van der Waals surface area contributed by atoms with E-state index in [1.165, 1.54) is 0 Å². The minimum Gasteiger partial charge on any atom is -0.395 e. The highest BCUT2D eigenvalue weighted by Gasteiger charge is 2.07. The summed E-state index contributed by atoms with van der Waals surface area (Å²) < 4.78 is 5.04. The van der Waals surface area contributed by atoms with Crippen molar-refractivity contribution in [3.8, 4) is 0 Å². The summed E-state index contributed by atoms with van der Waals surface area (Å²) in [4.78, 5) is 0. The molecular weight excluding hydrogens is 170 g/mol. The first-order chi connectivity index (χ1) is 6.24. The average molecular weight is 191 g/mol. The highest BCUT2D eigenvalue weighted by Crippen LogP contribution is 1.90. The summed E-state index contributed by atoms with van der Waals surface area (Å²) in [5.74, 6) is 0. The van der Waals surface area contributed by atoms with Crippen LogP contribution in [0, 0.1) is 0 Å². The van der Waals surface area contributed by atoms with Gasteiger partial charge in [-0.1, -0.05) is 6.92 Å². The van der Waals surface area contributed by atoms with Gasteiger partial charge in [-0.3, -0.25) is 0 Å². The van der Waals surface area contributed by atoms with Crippen molar-refractivity contribution in [2.75, 3.05) is 26.4 Å². The van der Waals surface area contributed by atoms with Gasteiger partial charge in [-0.05, 0) is 13.3 Å². The third-order valence-corrected chi connectivity index (χ3v) is 1.87. The molecule has 3 N–H and O–H groups in total. The van der Waals surface area contributed by atoms with E-state index in [-0.39, 0.29) is 12.6 Å². The second kappa shape index (κ2) is 8.44. The average Bonchev–Trinajstić information content (AvgIpc) is 2.16. The molecule has 0 aliphatic carbocycles. The molecule has 4 heteroatoms. The highest BCUT2D eigenvalue weighted by molar-refractivity contribution is 4.66. The summed E-state index contributed by atoms with van der Waals surface area (Å²) in [5, 5.41) is 21.2. The zero-order valence-electron chi connectivity index (χ0n) is 8.49. The van der Waals surface area contributed by atoms with Gasteiger partial charge in [0.05, 0.1) is 19.3 Å². The molecule has 80 valence electrons. The Hall–Kier alpha value is -0.160. The Balaban J connectivity index is 3.38. The van der Waals surface area contributed by atoms with Crippen molar-refractivity contribution < 1.29 is 14.9 Å². The van der Waals surface area contributed by atoms with Gasteiger partial charge in [-0.2, -0.15) is 0 Å². The minimum absolute atomic E-state index is 0.0799. The van der Waals surface area contributed by atoms with Crippen molar-refractivity contribution >= 4 is 0 Å². The lowest BCUT2D eigenvalue weighted by atomic mass is 10.2. The van der Waals surface area contributed by atoms with Crippen LogP contribution in [0.25, 0.3) is 0 Å². The normalized spacial score (nSPS) is 15.7. The van der Waals surface area contributed by atoms with Crippen molar-refractivity contribution in [2.45, 2.75) is 32.4 Å². The molecule has 0 bridgehead atoms. The van der Waals surface area contributed by atoms with E-state index in [0.29, 0.717) is 19.8 Å². The van der Waals surface area contributed by atoms with Gasteiger partial charge in [0, 0.05) is 19.2 Å². The second-order valence-corrected chi connectivity index (χ2v) is 3.01. The predicted molar refractivity (Wildman–Crippen MR) is 51.7 cm³/mol. The summed E-state index contributed by atoms with van der Waals surface area (Å²) in [5.41, 5.74) is 0. The Labute approximate surface area is 79.9 Å². The van der Waals surface area contributed by atoms with Gasteiger partial charge in [0.15, 0.2) is 0 Å². The van der Waals surface area contributed by atoms with Gasteiger partial charge in [-0.25, -0.2) is 0 Å². The van der Waals surface area contributed by atoms with Crippen LogP contribution in [0.1, 0.15) is 20.3 Å². The van der Waals surface area contributed by atoms with Gasteiger partial charge in [0.2, 0.25) is 0 Å². The van der Waals surface area contributed by atoms with Crippen LogP contribution in [-0.2, 0) is 4.74 Å². The zero-order chi connectivity index (χ0) is 10.1. The maximum absolute atomic E-state index is 9.35. The standard InChI is InChI=1S/C9H21NO3/c1-3-8(6-11)10-5-9(12)7-13-4-2/h8-12H,3-7H2,1-2H3. The zero-order valence-corrected chi connectivity index (χ0v) is 8.49. The number of ether oxygens (including phenoxy) is 1. The summed E-state index contributed by atoms with van der Waals surface area (Å²) >= 11 is 0. The predicted octanol–water partition coefficient (Wildman–Crippen LogP) is -0.256. The molecule has 0 aromatic carbocycles. The van der Waals surface area contributed by atoms with Crippen LogP contribution >= 0.6 is 0 Å². The van der Waals surface area contributed by atoms with E-state index < -0.39 is 6.10 Å². The van der Waals surface area contributed by atoms with Crippen molar-refractivity contribution in [2.24, 2.45) is 0 Å². The van der Waals surface area contributed by atoms with Gasteiger partial charge in [-0.15, -0.1) is 0 Å². The van der Waals surface area contributed by atoms with Crippen molar-refractivity contribution in [1.29, 1.82) is 0 Å². The van der Waals surface area contributed by atoms with Crippen LogP contribution in [0.15, 0.2) is 0 Å². The molecule has 0 saturated carbocycles. The molecular formula is C9H21NO3. The number of nitrogens with one attached hydrogen (secondary N) is 1. The van der Waals surface area contributed by atoms with Gasteiger partial charge in [0.1, 0.15) is 0 Å². The van der Waals surface area contributed by atoms with E-state index in [9.17, 15) is 5.11 Å². The maximum Gasteiger partial charge on any atom is 0.0897 e. The Kier molecular flexibility index (Phi) is 8.33. The van der Waals surface area contributed by atoms with Crippen LogP contribution in [0.2, 0.25) is 0 Å². The largest absolute Gasteiger partial charge is 0.395 e. The summed E-state index contributed by atoms with van der Waals surface area (Å²) in [6.45, 7) is 5.43. The quantitative estimate of drug-likeness (QED) is 0.495. The Morgan fingerprint density at radius 2 is 2.08 bits per heavy atom. The molecule has 0 radical (unpaired) electrons. The first-order valence-corrected chi connectivity index (χ1v) is 4.84. The number of hydrogen-bond donors (Lipinski definition) is 3. The molecule has 4 nitrogen and oxygen atoms in total. The van der Waals surface area contributed by atoms with E-state index in [1.54, 1.807) is 0 Å². The third-order valence-electron chi connectivity index (χ3n) is 1.87. The number of hydrogen-bond acceptors (Lipinski definition) is 4. The van der Waals surface area contributed by atoms with E-state index in [0.717, 1.165) is 6.42 Å². The lowest BCUT2D eigenvalue weighted by Gasteiger charge is -2.17. The first-order valence-electron chi connectivity index (χ1n) is 4.84. The van der Waals surface area contributed by atoms with Gasteiger partial charge >= 0.3 is 0 Å². The maximum atomic E-state index is 9.35. The Morgan fingerprint density at radius 1 is 1.38 bits per heavy atom. The van der Waals surface area contributed by atoms with Gasteiger partial charge < -0.3 is 20.3 Å². The van der Waals surface area contributed by atoms with Crippen molar-refractivity contribution in [1.82, 2.24) is 5.32 Å². The fraction of sp³-hybridized carbons (Fsp3) is 1.00. The minimum atomic E-state index is -0.486. The van der Waals surface area contributed by atoms with E-state index in [1.807, 2.05) is 13.8 Å². The Morgan fingerprint density at radius 3 is 2.54 bits per heavy atom. The van der Waals surface area contributed by atoms with Crippen LogP contribution in [0.5, 0.6) is 0 Å². The van der Waals surface area contributed by atoms with Crippen LogP contribution in [0.3, 0.4) is 0 Å². The topological polar surface area (TPSA) is 61.7 Å². The monoisotopic (exact) mass is 191 g/mol. The van der Waals surface area contributed by atoms with Crippen LogP contribution < -0.4 is 5.32 Å². The van der Waals surface area contributed by atoms with Crippen LogP contribution in [0.4, 0.5) is 0 Å². The summed E-state index contributed by atoms with van der Waals surface area (Å²) in [6.07, 6.45) is 0.373. The molecule has 0 rings (SSSR count). The number of rotatable bonds is 8. The Bertz CT molecular complexity index is 107. The second-order valence-electron chi connectivity index (χ2n) is 3.01. The SMILES string of the molecule is CCOCC(O)CNC(CC)CO. The van der Waals surface area contributed by atoms with Gasteiger partial charge in [0.25, 0.3) is 0 Å². The highest BCUT2D eigenvalue weighted by atomic mass is 16.5. The van der Waals surface area contributed by atoms with E-state index in [2.05, 4.69) is 5.32 Å². The van der Waals surface area contributed by atoms with E-state index in [4.69, 9.17) is 9.84 Å². The summed E-state index contributed by atoms with van der Waals surface area (Å²) in [6, 6.07) is 0.0799. The molecule has 2 unspecified atom stereocenters. The van der Waals surface area contributed by atoms with Crippen molar-refractivity contribution in [3.63, 3.8) is 0 Å². The summed E-state index contributed by atoms with van der Waals surface area (Å²) in [7, 11) is 0. The molecule has 0 amide bonds. The molecule has 0 aliphatic rings. The lowest BCUT2D eigenvalue weighted by molar-refractivity contribution is 0.0400. The van der Waals surface area contributed by atoms with Crippen molar-refractivity contribution in [3.05, 3.63) is 0 Å². The molecule has 0 saturated heterocycles. The molecule has 2 atom stereocenters. The fourth-order valence-corrected chi connectivity index (χ4v) is 0.954. The molecule has 0 aliphatic heterocycles. The van der Waals surface area contributed by atoms with E-state index >= 15 is 0 Å². The molecule has 0 aromatic heterocycles. The lowest BCUT2D eigenvalue weighted by Crippen LogP contribution is -2.39. The first kappa shape index (κ1) is 12.8. The smallest absolute Gasteiger partial charge is 0.0897 e. The third kappa shape index (κ3) is 6.95. The fourth-order valence-electron chi connectivity index (χ4n) is 0.954. The van der Waals surface area contributed by atoms with Crippen LogP contribution in [-0.4, -0.2) is 48.7 Å².